The Morgan fingerprint density at radius 1 is 1.30 bits per heavy atom. The van der Waals surface area contributed by atoms with Gasteiger partial charge in [0.1, 0.15) is 0 Å². The lowest BCUT2D eigenvalue weighted by Gasteiger charge is -2.26. The van der Waals surface area contributed by atoms with Crippen LogP contribution < -0.4 is 0 Å². The lowest BCUT2D eigenvalue weighted by atomic mass is 9.87. The maximum atomic E-state index is 12.2. The summed E-state index contributed by atoms with van der Waals surface area (Å²) in [6.07, 6.45) is 3.00. The minimum absolute atomic E-state index is 0.133. The molecule has 1 N–H and O–H groups in total. The third-order valence-electron chi connectivity index (χ3n) is 4.72. The Bertz CT molecular complexity index is 423. The Kier molecular flexibility index (Phi) is 6.41. The van der Waals surface area contributed by atoms with E-state index in [0.29, 0.717) is 25.7 Å². The second-order valence-electron chi connectivity index (χ2n) is 6.68. The maximum absolute atomic E-state index is 12.2. The number of aliphatic hydroxyl groups excluding tert-OH is 1. The lowest BCUT2D eigenvalue weighted by Crippen LogP contribution is -2.32. The summed E-state index contributed by atoms with van der Waals surface area (Å²) >= 11 is 0. The molecular weight excluding hydrogens is 300 g/mol. The molecule has 6 heteroatoms. The van der Waals surface area contributed by atoms with Crippen LogP contribution in [-0.2, 0) is 23.8 Å². The van der Waals surface area contributed by atoms with Crippen LogP contribution in [0.3, 0.4) is 0 Å². The van der Waals surface area contributed by atoms with Gasteiger partial charge >= 0.3 is 11.9 Å². The number of esters is 2. The summed E-state index contributed by atoms with van der Waals surface area (Å²) in [5, 5.41) is 9.62. The smallest absolute Gasteiger partial charge is 0.312 e. The topological polar surface area (TPSA) is 85.4 Å². The molecule has 132 valence electrons. The van der Waals surface area contributed by atoms with Gasteiger partial charge in [0, 0.05) is 6.92 Å². The zero-order chi connectivity index (χ0) is 17.0. The van der Waals surface area contributed by atoms with E-state index in [4.69, 9.17) is 14.2 Å². The first-order valence-corrected chi connectivity index (χ1v) is 8.65. The molecule has 0 aromatic rings. The van der Waals surface area contributed by atoms with Gasteiger partial charge in [0.15, 0.2) is 0 Å². The van der Waals surface area contributed by atoms with Crippen LogP contribution in [0.15, 0.2) is 0 Å². The van der Waals surface area contributed by atoms with Crippen LogP contribution in [0.2, 0.25) is 0 Å². The van der Waals surface area contributed by atoms with Crippen LogP contribution in [0.4, 0.5) is 0 Å². The number of ether oxygens (including phenoxy) is 3. The van der Waals surface area contributed by atoms with E-state index in [-0.39, 0.29) is 30.0 Å². The number of hydrogen-bond donors (Lipinski definition) is 1. The maximum Gasteiger partial charge on any atom is 0.312 e. The molecule has 2 rings (SSSR count). The fourth-order valence-corrected chi connectivity index (χ4v) is 3.11. The van der Waals surface area contributed by atoms with Crippen molar-refractivity contribution < 1.29 is 28.9 Å². The standard InChI is InChI=1S/C17H28O6/c1-4-12(9-15-10(2)21-15)16(19)22-11(3)23-17(20)13-6-5-7-14(18)8-13/h10-15,18H,4-9H2,1-3H3/t10?,11?,12?,13?,14-,15?/m1/s1. The minimum atomic E-state index is -0.902. The van der Waals surface area contributed by atoms with Crippen LogP contribution in [0.25, 0.3) is 0 Å². The fourth-order valence-electron chi connectivity index (χ4n) is 3.11. The molecule has 23 heavy (non-hydrogen) atoms. The molecule has 1 aliphatic carbocycles. The summed E-state index contributed by atoms with van der Waals surface area (Å²) in [5.74, 6) is -1.28. The number of rotatable bonds is 7. The molecule has 6 atom stereocenters. The molecule has 0 spiro atoms. The number of epoxide rings is 1. The molecule has 0 amide bonds. The molecule has 1 saturated heterocycles. The van der Waals surface area contributed by atoms with Crippen LogP contribution in [0, 0.1) is 11.8 Å². The lowest BCUT2D eigenvalue weighted by molar-refractivity contribution is -0.191. The van der Waals surface area contributed by atoms with Crippen LogP contribution in [0.1, 0.15) is 59.3 Å². The highest BCUT2D eigenvalue weighted by Crippen LogP contribution is 2.30. The Hall–Kier alpha value is -1.14. The van der Waals surface area contributed by atoms with E-state index < -0.39 is 18.4 Å². The Morgan fingerprint density at radius 3 is 2.57 bits per heavy atom. The van der Waals surface area contributed by atoms with E-state index in [1.807, 2.05) is 13.8 Å². The molecule has 0 radical (unpaired) electrons. The van der Waals surface area contributed by atoms with Gasteiger partial charge in [-0.1, -0.05) is 13.3 Å². The molecule has 0 aromatic carbocycles. The highest BCUT2D eigenvalue weighted by Gasteiger charge is 2.38. The quantitative estimate of drug-likeness (QED) is 0.438. The van der Waals surface area contributed by atoms with Crippen molar-refractivity contribution in [2.24, 2.45) is 11.8 Å². The van der Waals surface area contributed by atoms with Gasteiger partial charge in [-0.05, 0) is 39.0 Å². The van der Waals surface area contributed by atoms with Crippen molar-refractivity contribution in [2.75, 3.05) is 0 Å². The molecule has 0 bridgehead atoms. The second kappa shape index (κ2) is 8.11. The third-order valence-corrected chi connectivity index (χ3v) is 4.72. The molecule has 2 aliphatic rings. The van der Waals surface area contributed by atoms with Gasteiger partial charge < -0.3 is 19.3 Å². The van der Waals surface area contributed by atoms with Crippen molar-refractivity contribution in [3.05, 3.63) is 0 Å². The van der Waals surface area contributed by atoms with Crippen molar-refractivity contribution in [1.82, 2.24) is 0 Å². The zero-order valence-corrected chi connectivity index (χ0v) is 14.2. The number of carbonyl (C=O) groups excluding carboxylic acids is 2. The third kappa shape index (κ3) is 5.46. The molecule has 6 nitrogen and oxygen atoms in total. The minimum Gasteiger partial charge on any atom is -0.425 e. The summed E-state index contributed by atoms with van der Waals surface area (Å²) < 4.78 is 15.8. The summed E-state index contributed by atoms with van der Waals surface area (Å²) in [7, 11) is 0. The number of aliphatic hydroxyl groups is 1. The molecule has 1 saturated carbocycles. The van der Waals surface area contributed by atoms with Gasteiger partial charge in [-0.3, -0.25) is 9.59 Å². The van der Waals surface area contributed by atoms with Crippen molar-refractivity contribution in [1.29, 1.82) is 0 Å². The SMILES string of the molecule is CCC(CC1OC1C)C(=O)OC(C)OC(=O)C1CCC[C@@H](O)C1. The predicted molar refractivity (Wildman–Crippen MR) is 82.3 cm³/mol. The van der Waals surface area contributed by atoms with Gasteiger partial charge in [-0.15, -0.1) is 0 Å². The van der Waals surface area contributed by atoms with Crippen molar-refractivity contribution in [2.45, 2.75) is 83.9 Å². The Morgan fingerprint density at radius 2 is 2.00 bits per heavy atom. The predicted octanol–water partition coefficient (Wildman–Crippen LogP) is 2.17. The largest absolute Gasteiger partial charge is 0.425 e. The van der Waals surface area contributed by atoms with E-state index in [1.54, 1.807) is 6.92 Å². The van der Waals surface area contributed by atoms with Gasteiger partial charge in [-0.25, -0.2) is 0 Å². The molecule has 1 aliphatic heterocycles. The zero-order valence-electron chi connectivity index (χ0n) is 14.2. The molecular formula is C17H28O6. The molecule has 2 fully saturated rings. The first-order valence-electron chi connectivity index (χ1n) is 8.65. The first-order chi connectivity index (χ1) is 10.9. The average Bonchev–Trinajstić information content (AvgIpc) is 3.19. The van der Waals surface area contributed by atoms with E-state index in [9.17, 15) is 14.7 Å². The summed E-state index contributed by atoms with van der Waals surface area (Å²) in [5.41, 5.74) is 0. The van der Waals surface area contributed by atoms with E-state index >= 15 is 0 Å². The van der Waals surface area contributed by atoms with Crippen LogP contribution in [0.5, 0.6) is 0 Å². The van der Waals surface area contributed by atoms with Crippen molar-refractivity contribution in [3.63, 3.8) is 0 Å². The van der Waals surface area contributed by atoms with E-state index in [0.717, 1.165) is 12.8 Å². The van der Waals surface area contributed by atoms with E-state index in [1.165, 1.54) is 0 Å². The van der Waals surface area contributed by atoms with Gasteiger partial charge in [-0.2, -0.15) is 0 Å². The van der Waals surface area contributed by atoms with Gasteiger partial charge in [0.05, 0.1) is 30.1 Å². The Labute approximate surface area is 137 Å². The average molecular weight is 328 g/mol. The molecule has 1 heterocycles. The number of hydrogen-bond acceptors (Lipinski definition) is 6. The Balaban J connectivity index is 1.75. The fraction of sp³-hybridized carbons (Fsp3) is 0.882. The van der Waals surface area contributed by atoms with E-state index in [2.05, 4.69) is 0 Å². The van der Waals surface area contributed by atoms with Gasteiger partial charge in [0.2, 0.25) is 6.29 Å². The molecule has 5 unspecified atom stereocenters. The van der Waals surface area contributed by atoms with Gasteiger partial charge in [0.25, 0.3) is 0 Å². The monoisotopic (exact) mass is 328 g/mol. The summed E-state index contributed by atoms with van der Waals surface area (Å²) in [4.78, 5) is 24.2. The highest BCUT2D eigenvalue weighted by atomic mass is 16.7. The normalized spacial score (nSPS) is 32.7. The second-order valence-corrected chi connectivity index (χ2v) is 6.68. The summed E-state index contributed by atoms with van der Waals surface area (Å²) in [6.45, 7) is 5.46. The van der Waals surface area contributed by atoms with Crippen LogP contribution in [-0.4, -0.2) is 41.6 Å². The first kappa shape index (κ1) is 18.2. The summed E-state index contributed by atoms with van der Waals surface area (Å²) in [6, 6.07) is 0. The molecule has 0 aromatic heterocycles. The number of carbonyl (C=O) groups is 2. The van der Waals surface area contributed by atoms with Crippen molar-refractivity contribution >= 4 is 11.9 Å². The van der Waals surface area contributed by atoms with Crippen molar-refractivity contribution in [3.8, 4) is 0 Å². The highest BCUT2D eigenvalue weighted by molar-refractivity contribution is 5.74. The van der Waals surface area contributed by atoms with Crippen LogP contribution >= 0.6 is 0 Å².